The lowest BCUT2D eigenvalue weighted by molar-refractivity contribution is 0.205. The van der Waals surface area contributed by atoms with Crippen LogP contribution >= 0.6 is 0 Å². The topological polar surface area (TPSA) is 107 Å². The average Bonchev–Trinajstić information content (AvgIpc) is 3.41. The highest BCUT2D eigenvalue weighted by Crippen LogP contribution is 2.46. The van der Waals surface area contributed by atoms with Gasteiger partial charge < -0.3 is 10.2 Å². The number of aromatic amines is 1. The predicted molar refractivity (Wildman–Crippen MR) is 108 cm³/mol. The molecule has 1 aliphatic heterocycles. The Morgan fingerprint density at radius 1 is 1.14 bits per heavy atom. The summed E-state index contributed by atoms with van der Waals surface area (Å²) in [5.74, 6) is 0.863. The van der Waals surface area contributed by atoms with E-state index >= 15 is 0 Å². The van der Waals surface area contributed by atoms with Gasteiger partial charge in [-0.3, -0.25) is 5.10 Å². The summed E-state index contributed by atoms with van der Waals surface area (Å²) >= 11 is 0. The number of allylic oxidation sites excluding steroid dienone is 2. The number of H-pyrrole nitrogens is 1. The molecule has 1 aromatic carbocycles. The molecule has 0 amide bonds. The van der Waals surface area contributed by atoms with Crippen molar-refractivity contribution in [2.75, 3.05) is 19.4 Å². The molecular weight excluding hydrogens is 366 g/mol. The number of fused-ring (bicyclic) bond motifs is 2. The van der Waals surface area contributed by atoms with Crippen LogP contribution in [0, 0.1) is 17.2 Å². The highest BCUT2D eigenvalue weighted by Gasteiger charge is 2.37. The summed E-state index contributed by atoms with van der Waals surface area (Å²) in [7, 11) is 4.28. The molecule has 148 valence electrons. The summed E-state index contributed by atoms with van der Waals surface area (Å²) in [5, 5.41) is 29.1. The van der Waals surface area contributed by atoms with Gasteiger partial charge in [-0.25, -0.2) is 4.63 Å². The van der Waals surface area contributed by atoms with Crippen molar-refractivity contribution in [2.24, 2.45) is 5.92 Å². The third kappa shape index (κ3) is 2.89. The molecule has 1 fully saturated rings. The lowest BCUT2D eigenvalue weighted by Gasteiger charge is -2.36. The van der Waals surface area contributed by atoms with Gasteiger partial charge >= 0.3 is 0 Å². The van der Waals surface area contributed by atoms with Crippen molar-refractivity contribution in [1.82, 2.24) is 25.4 Å². The number of hydrogen-bond acceptors (Lipinski definition) is 7. The molecule has 8 nitrogen and oxygen atoms in total. The van der Waals surface area contributed by atoms with Gasteiger partial charge in [0.05, 0.1) is 17.6 Å². The van der Waals surface area contributed by atoms with Gasteiger partial charge in [0.1, 0.15) is 11.0 Å². The van der Waals surface area contributed by atoms with E-state index in [0.717, 1.165) is 53.9 Å². The molecule has 0 radical (unpaired) electrons. The normalized spacial score (nSPS) is 24.4. The minimum atomic E-state index is -0.243. The lowest BCUT2D eigenvalue weighted by atomic mass is 9.76. The summed E-state index contributed by atoms with van der Waals surface area (Å²) in [6.07, 6.45) is 6.22. The Morgan fingerprint density at radius 3 is 2.72 bits per heavy atom. The number of aromatic nitrogens is 4. The van der Waals surface area contributed by atoms with Gasteiger partial charge in [0.25, 0.3) is 0 Å². The zero-order valence-corrected chi connectivity index (χ0v) is 16.5. The summed E-state index contributed by atoms with van der Waals surface area (Å²) in [5.41, 5.74) is 4.99. The molecule has 0 spiro atoms. The Hall–Kier alpha value is -3.18. The van der Waals surface area contributed by atoms with Crippen LogP contribution in [0.1, 0.15) is 42.7 Å². The second-order valence-electron chi connectivity index (χ2n) is 8.13. The molecule has 2 aromatic heterocycles. The van der Waals surface area contributed by atoms with Gasteiger partial charge in [-0.2, -0.15) is 10.4 Å². The van der Waals surface area contributed by atoms with Gasteiger partial charge in [-0.1, -0.05) is 12.1 Å². The van der Waals surface area contributed by atoms with Crippen molar-refractivity contribution in [3.05, 3.63) is 46.8 Å². The van der Waals surface area contributed by atoms with E-state index in [1.54, 1.807) is 0 Å². The maximum Gasteiger partial charge on any atom is 0.156 e. The third-order valence-electron chi connectivity index (χ3n) is 6.40. The molecule has 3 aromatic rings. The molecule has 8 heteroatoms. The van der Waals surface area contributed by atoms with Crippen LogP contribution in [0.5, 0.6) is 0 Å². The third-order valence-corrected chi connectivity index (χ3v) is 6.40. The molecule has 1 atom stereocenters. The van der Waals surface area contributed by atoms with Gasteiger partial charge in [0.15, 0.2) is 5.82 Å². The van der Waals surface area contributed by atoms with Crippen molar-refractivity contribution in [3.63, 3.8) is 0 Å². The van der Waals surface area contributed by atoms with Crippen molar-refractivity contribution < 1.29 is 4.63 Å². The largest absolute Gasteiger partial charge is 0.341 e. The van der Waals surface area contributed by atoms with E-state index in [9.17, 15) is 5.26 Å². The monoisotopic (exact) mass is 389 g/mol. The van der Waals surface area contributed by atoms with E-state index in [1.807, 2.05) is 24.4 Å². The standard InChI is InChI=1S/C21H23N7O/c1-28(2)13-8-6-12(7-9-13)19-15(10-22)18(16-11-23-25-21(16)24-19)14-4-3-5-17-20(14)27-29-26-17/h3-5,11-13,18H,6-9H2,1-2H3,(H2,23,24,25). The van der Waals surface area contributed by atoms with E-state index in [0.29, 0.717) is 23.0 Å². The van der Waals surface area contributed by atoms with Gasteiger partial charge in [-0.15, -0.1) is 0 Å². The first kappa shape index (κ1) is 17.9. The molecule has 3 heterocycles. The first-order valence-corrected chi connectivity index (χ1v) is 9.99. The Morgan fingerprint density at radius 2 is 1.97 bits per heavy atom. The van der Waals surface area contributed by atoms with Crippen LogP contribution in [0.4, 0.5) is 5.82 Å². The minimum Gasteiger partial charge on any atom is -0.341 e. The van der Waals surface area contributed by atoms with Crippen molar-refractivity contribution >= 4 is 16.9 Å². The Bertz CT molecular complexity index is 1110. The molecule has 0 bridgehead atoms. The number of benzene rings is 1. The van der Waals surface area contributed by atoms with Gasteiger partial charge in [-0.05, 0) is 61.7 Å². The lowest BCUT2D eigenvalue weighted by Crippen LogP contribution is -2.34. The van der Waals surface area contributed by atoms with E-state index in [4.69, 9.17) is 4.63 Å². The Balaban J connectivity index is 1.60. The summed E-state index contributed by atoms with van der Waals surface area (Å²) in [6.45, 7) is 0. The predicted octanol–water partition coefficient (Wildman–Crippen LogP) is 3.40. The van der Waals surface area contributed by atoms with Crippen LogP contribution in [-0.4, -0.2) is 45.5 Å². The number of hydrogen-bond donors (Lipinski definition) is 2. The van der Waals surface area contributed by atoms with E-state index < -0.39 is 0 Å². The molecule has 0 saturated heterocycles. The number of nitrogens with one attached hydrogen (secondary N) is 2. The van der Waals surface area contributed by atoms with Gasteiger partial charge in [0.2, 0.25) is 0 Å². The highest BCUT2D eigenvalue weighted by atomic mass is 16.6. The maximum atomic E-state index is 10.2. The SMILES string of the molecule is CN(C)C1CCC(C2=C(C#N)C(c3cccc4nonc34)c3c[nH]nc3N2)CC1. The first-order chi connectivity index (χ1) is 14.2. The fourth-order valence-electron chi connectivity index (χ4n) is 4.84. The molecule has 5 rings (SSSR count). The smallest absolute Gasteiger partial charge is 0.156 e. The highest BCUT2D eigenvalue weighted by molar-refractivity contribution is 5.80. The number of nitriles is 1. The van der Waals surface area contributed by atoms with E-state index in [-0.39, 0.29) is 5.92 Å². The molecule has 1 aliphatic carbocycles. The second kappa shape index (κ2) is 7.01. The molecule has 1 saturated carbocycles. The Labute approximate surface area is 168 Å². The number of rotatable bonds is 3. The molecule has 2 aliphatic rings. The van der Waals surface area contributed by atoms with Crippen LogP contribution in [0.2, 0.25) is 0 Å². The van der Waals surface area contributed by atoms with Crippen molar-refractivity contribution in [3.8, 4) is 6.07 Å². The minimum absolute atomic E-state index is 0.243. The zero-order valence-electron chi connectivity index (χ0n) is 16.5. The second-order valence-corrected chi connectivity index (χ2v) is 8.13. The average molecular weight is 389 g/mol. The summed E-state index contributed by atoms with van der Waals surface area (Å²) < 4.78 is 4.97. The Kier molecular flexibility index (Phi) is 4.32. The van der Waals surface area contributed by atoms with Crippen LogP contribution < -0.4 is 5.32 Å². The van der Waals surface area contributed by atoms with Crippen LogP contribution in [0.15, 0.2) is 40.3 Å². The number of nitrogens with zero attached hydrogens (tertiary/aromatic N) is 5. The molecule has 1 unspecified atom stereocenters. The van der Waals surface area contributed by atoms with Gasteiger partial charge in [0, 0.05) is 29.4 Å². The molecular formula is C21H23N7O. The quantitative estimate of drug-likeness (QED) is 0.707. The fraction of sp³-hybridized carbons (Fsp3) is 0.429. The van der Waals surface area contributed by atoms with Crippen LogP contribution in [0.3, 0.4) is 0 Å². The first-order valence-electron chi connectivity index (χ1n) is 9.99. The van der Waals surface area contributed by atoms with Crippen molar-refractivity contribution in [1.29, 1.82) is 5.26 Å². The van der Waals surface area contributed by atoms with Crippen LogP contribution in [0.25, 0.3) is 11.0 Å². The van der Waals surface area contributed by atoms with Crippen molar-refractivity contribution in [2.45, 2.75) is 37.6 Å². The van der Waals surface area contributed by atoms with E-state index in [2.05, 4.69) is 50.9 Å². The maximum absolute atomic E-state index is 10.2. The number of anilines is 1. The van der Waals surface area contributed by atoms with Crippen LogP contribution in [-0.2, 0) is 0 Å². The fourth-order valence-corrected chi connectivity index (χ4v) is 4.84. The molecule has 29 heavy (non-hydrogen) atoms. The zero-order chi connectivity index (χ0) is 20.0. The molecule has 2 N–H and O–H groups in total. The summed E-state index contributed by atoms with van der Waals surface area (Å²) in [4.78, 5) is 2.30. The summed E-state index contributed by atoms with van der Waals surface area (Å²) in [6, 6.07) is 8.91. The van der Waals surface area contributed by atoms with E-state index in [1.165, 1.54) is 0 Å².